The Hall–Kier alpha value is -3.33. The maximum absolute atomic E-state index is 12.0. The van der Waals surface area contributed by atoms with E-state index in [4.69, 9.17) is 0 Å². The van der Waals surface area contributed by atoms with Crippen LogP contribution in [0.1, 0.15) is 20.7 Å². The third-order valence-electron chi connectivity index (χ3n) is 3.60. The van der Waals surface area contributed by atoms with E-state index < -0.39 is 11.9 Å². The summed E-state index contributed by atoms with van der Waals surface area (Å²) in [6, 6.07) is 12.7. The topological polar surface area (TPSA) is 111 Å². The molecule has 0 heterocycles. The maximum Gasteiger partial charge on any atom is 0.337 e. The number of nitrogens with one attached hydrogen (secondary N) is 2. The molecule has 2 aromatic rings. The van der Waals surface area contributed by atoms with Crippen LogP contribution in [-0.4, -0.2) is 49.5 Å². The fourth-order valence-electron chi connectivity index (χ4n) is 2.31. The van der Waals surface area contributed by atoms with Crippen LogP contribution in [0.15, 0.2) is 48.5 Å². The standard InChI is InChI=1S/C20H20N2O6S/c1-27-19(25)13-5-3-7-15(9-13)21-17(23)11-29-12-18(24)22-16-8-4-6-14(10-16)20(26)28-2/h3-10H,11-12H2,1-2H3,(H,21,23)(H,22,24). The number of hydrogen-bond donors (Lipinski definition) is 2. The van der Waals surface area contributed by atoms with Gasteiger partial charge >= 0.3 is 11.9 Å². The Morgan fingerprint density at radius 3 is 1.55 bits per heavy atom. The molecule has 0 aliphatic heterocycles. The first-order chi connectivity index (χ1) is 13.9. The van der Waals surface area contributed by atoms with Crippen molar-refractivity contribution in [1.29, 1.82) is 0 Å². The molecule has 0 radical (unpaired) electrons. The SMILES string of the molecule is COC(=O)c1cccc(NC(=O)CSCC(=O)Nc2cccc(C(=O)OC)c2)c1. The number of carbonyl (C=O) groups is 4. The van der Waals surface area contributed by atoms with Crippen LogP contribution in [0.3, 0.4) is 0 Å². The molecule has 0 aliphatic rings. The highest BCUT2D eigenvalue weighted by Crippen LogP contribution is 2.14. The first kappa shape index (κ1) is 22.0. The number of esters is 2. The molecule has 2 amide bonds. The summed E-state index contributed by atoms with van der Waals surface area (Å²) in [6.45, 7) is 0. The summed E-state index contributed by atoms with van der Waals surface area (Å²) in [5.41, 5.74) is 1.57. The van der Waals surface area contributed by atoms with Crippen molar-refractivity contribution >= 4 is 46.9 Å². The van der Waals surface area contributed by atoms with Gasteiger partial charge in [0.05, 0.1) is 36.9 Å². The van der Waals surface area contributed by atoms with Crippen molar-refractivity contribution in [3.05, 3.63) is 59.7 Å². The average molecular weight is 416 g/mol. The Morgan fingerprint density at radius 1 is 0.759 bits per heavy atom. The number of thioether (sulfide) groups is 1. The van der Waals surface area contributed by atoms with Crippen LogP contribution in [0.5, 0.6) is 0 Å². The molecular weight excluding hydrogens is 396 g/mol. The van der Waals surface area contributed by atoms with Crippen LogP contribution in [0.4, 0.5) is 11.4 Å². The van der Waals surface area contributed by atoms with Gasteiger partial charge in [-0.25, -0.2) is 9.59 Å². The van der Waals surface area contributed by atoms with Crippen LogP contribution in [-0.2, 0) is 19.1 Å². The van der Waals surface area contributed by atoms with Gasteiger partial charge < -0.3 is 20.1 Å². The summed E-state index contributed by atoms with van der Waals surface area (Å²) in [4.78, 5) is 47.1. The predicted octanol–water partition coefficient (Wildman–Crippen LogP) is 2.57. The van der Waals surface area contributed by atoms with Gasteiger partial charge in [-0.15, -0.1) is 11.8 Å². The lowest BCUT2D eigenvalue weighted by Crippen LogP contribution is -2.18. The molecule has 8 nitrogen and oxygen atoms in total. The van der Waals surface area contributed by atoms with Crippen molar-refractivity contribution < 1.29 is 28.7 Å². The van der Waals surface area contributed by atoms with Crippen molar-refractivity contribution in [2.45, 2.75) is 0 Å². The number of methoxy groups -OCH3 is 2. The van der Waals surface area contributed by atoms with Gasteiger partial charge in [-0.1, -0.05) is 12.1 Å². The lowest BCUT2D eigenvalue weighted by molar-refractivity contribution is -0.114. The summed E-state index contributed by atoms with van der Waals surface area (Å²) < 4.78 is 9.27. The second kappa shape index (κ2) is 10.9. The molecule has 29 heavy (non-hydrogen) atoms. The predicted molar refractivity (Wildman–Crippen MR) is 110 cm³/mol. The van der Waals surface area contributed by atoms with E-state index in [1.54, 1.807) is 36.4 Å². The van der Waals surface area contributed by atoms with Crippen LogP contribution in [0, 0.1) is 0 Å². The van der Waals surface area contributed by atoms with Gasteiger partial charge in [0, 0.05) is 11.4 Å². The van der Waals surface area contributed by atoms with Crippen molar-refractivity contribution in [3.63, 3.8) is 0 Å². The molecule has 0 fully saturated rings. The average Bonchev–Trinajstić information content (AvgIpc) is 2.72. The zero-order chi connectivity index (χ0) is 21.2. The number of anilines is 2. The molecule has 0 atom stereocenters. The second-order valence-corrected chi connectivity index (χ2v) is 6.72. The van der Waals surface area contributed by atoms with Crippen LogP contribution in [0.2, 0.25) is 0 Å². The van der Waals surface area contributed by atoms with Crippen molar-refractivity contribution in [1.82, 2.24) is 0 Å². The first-order valence-electron chi connectivity index (χ1n) is 8.47. The van der Waals surface area contributed by atoms with E-state index >= 15 is 0 Å². The number of amides is 2. The Kier molecular flexibility index (Phi) is 8.23. The molecule has 0 saturated heterocycles. The van der Waals surface area contributed by atoms with E-state index in [-0.39, 0.29) is 23.3 Å². The molecule has 2 rings (SSSR count). The molecule has 0 aromatic heterocycles. The Bertz CT molecular complexity index is 842. The Labute approximate surface area is 172 Å². The highest BCUT2D eigenvalue weighted by molar-refractivity contribution is 8.00. The molecule has 0 spiro atoms. The summed E-state index contributed by atoms with van der Waals surface area (Å²) in [5, 5.41) is 5.32. The number of benzene rings is 2. The third-order valence-corrected chi connectivity index (χ3v) is 4.53. The fraction of sp³-hybridized carbons (Fsp3) is 0.200. The van der Waals surface area contributed by atoms with E-state index in [1.165, 1.54) is 26.4 Å². The first-order valence-corrected chi connectivity index (χ1v) is 9.62. The van der Waals surface area contributed by atoms with Gasteiger partial charge in [0.2, 0.25) is 11.8 Å². The molecule has 2 N–H and O–H groups in total. The number of carbonyl (C=O) groups excluding carboxylic acids is 4. The molecular formula is C20H20N2O6S. The van der Waals surface area contributed by atoms with Crippen molar-refractivity contribution in [2.75, 3.05) is 36.4 Å². The molecule has 0 bridgehead atoms. The molecule has 0 unspecified atom stereocenters. The lowest BCUT2D eigenvalue weighted by atomic mass is 10.2. The van der Waals surface area contributed by atoms with Gasteiger partial charge in [0.15, 0.2) is 0 Å². The van der Waals surface area contributed by atoms with Gasteiger partial charge in [-0.3, -0.25) is 9.59 Å². The van der Waals surface area contributed by atoms with Crippen molar-refractivity contribution in [3.8, 4) is 0 Å². The summed E-state index contributed by atoms with van der Waals surface area (Å²) in [5.74, 6) is -1.50. The minimum atomic E-state index is -0.497. The Morgan fingerprint density at radius 2 is 1.17 bits per heavy atom. The van der Waals surface area contributed by atoms with Crippen LogP contribution in [0.25, 0.3) is 0 Å². The van der Waals surface area contributed by atoms with E-state index in [9.17, 15) is 19.2 Å². The maximum atomic E-state index is 12.0. The quantitative estimate of drug-likeness (QED) is 0.636. The van der Waals surface area contributed by atoms with Gasteiger partial charge in [-0.2, -0.15) is 0 Å². The highest BCUT2D eigenvalue weighted by atomic mass is 32.2. The zero-order valence-corrected chi connectivity index (χ0v) is 16.7. The zero-order valence-electron chi connectivity index (χ0n) is 15.9. The molecule has 9 heteroatoms. The minimum absolute atomic E-state index is 0.0536. The molecule has 152 valence electrons. The summed E-state index contributed by atoms with van der Waals surface area (Å²) >= 11 is 1.13. The van der Waals surface area contributed by atoms with Gasteiger partial charge in [0.25, 0.3) is 0 Å². The molecule has 0 saturated carbocycles. The minimum Gasteiger partial charge on any atom is -0.465 e. The van der Waals surface area contributed by atoms with E-state index in [2.05, 4.69) is 20.1 Å². The fourth-order valence-corrected chi connectivity index (χ4v) is 2.93. The second-order valence-electron chi connectivity index (χ2n) is 5.73. The molecule has 2 aromatic carbocycles. The number of hydrogen-bond acceptors (Lipinski definition) is 7. The normalized spacial score (nSPS) is 10.0. The van der Waals surface area contributed by atoms with Gasteiger partial charge in [-0.05, 0) is 36.4 Å². The third kappa shape index (κ3) is 6.96. The molecule has 0 aliphatic carbocycles. The van der Waals surface area contributed by atoms with Gasteiger partial charge in [0.1, 0.15) is 0 Å². The van der Waals surface area contributed by atoms with E-state index in [0.29, 0.717) is 22.5 Å². The van der Waals surface area contributed by atoms with E-state index in [0.717, 1.165) is 11.8 Å². The lowest BCUT2D eigenvalue weighted by Gasteiger charge is -2.08. The van der Waals surface area contributed by atoms with E-state index in [1.807, 2.05) is 0 Å². The summed E-state index contributed by atoms with van der Waals surface area (Å²) in [7, 11) is 2.56. The monoisotopic (exact) mass is 416 g/mol. The highest BCUT2D eigenvalue weighted by Gasteiger charge is 2.10. The summed E-state index contributed by atoms with van der Waals surface area (Å²) in [6.07, 6.45) is 0. The number of rotatable bonds is 8. The van der Waals surface area contributed by atoms with Crippen molar-refractivity contribution in [2.24, 2.45) is 0 Å². The largest absolute Gasteiger partial charge is 0.465 e. The Balaban J connectivity index is 1.79. The van der Waals surface area contributed by atoms with Crippen LogP contribution < -0.4 is 10.6 Å². The van der Waals surface area contributed by atoms with Crippen LogP contribution >= 0.6 is 11.8 Å². The number of ether oxygens (including phenoxy) is 2. The smallest absolute Gasteiger partial charge is 0.337 e.